The maximum atomic E-state index is 13.8. The highest BCUT2D eigenvalue weighted by atomic mass is 32.1. The van der Waals surface area contributed by atoms with Crippen LogP contribution < -0.4 is 10.2 Å². The highest BCUT2D eigenvalue weighted by Crippen LogP contribution is 2.28. The van der Waals surface area contributed by atoms with Gasteiger partial charge in [-0.05, 0) is 94.6 Å². The van der Waals surface area contributed by atoms with Crippen LogP contribution in [0.4, 0.5) is 11.4 Å². The van der Waals surface area contributed by atoms with Gasteiger partial charge in [0.1, 0.15) is 6.04 Å². The van der Waals surface area contributed by atoms with Gasteiger partial charge in [0.25, 0.3) is 5.91 Å². The van der Waals surface area contributed by atoms with E-state index in [1.807, 2.05) is 4.90 Å². The van der Waals surface area contributed by atoms with Gasteiger partial charge in [-0.3, -0.25) is 14.5 Å². The first-order chi connectivity index (χ1) is 20.7. The average molecular weight is 610 g/mol. The Hall–Kier alpha value is -3.87. The third kappa shape index (κ3) is 8.15. The standard InChI is InChI=1S/C31H39N5O6S/c1-4-41-29(39)22-7-11-24(12-8-22)32-27(37)21-26-28(38)36(25-13-9-23(10-14-25)30(40)42-5-2)31(43)35(26)16-6-15-34-19-17-33(3)18-20-34/h7-14,26H,4-6,15-21H2,1-3H3,(H,32,37). The molecule has 0 aromatic heterocycles. The topological polar surface area (TPSA) is 112 Å². The van der Waals surface area contributed by atoms with Crippen molar-refractivity contribution in [1.82, 2.24) is 14.7 Å². The highest BCUT2D eigenvalue weighted by Gasteiger charge is 2.44. The van der Waals surface area contributed by atoms with Crippen LogP contribution in [0.5, 0.6) is 0 Å². The fourth-order valence-corrected chi connectivity index (χ4v) is 5.53. The average Bonchev–Trinajstić information content (AvgIpc) is 3.22. The van der Waals surface area contributed by atoms with E-state index in [2.05, 4.69) is 22.2 Å². The van der Waals surface area contributed by atoms with Crippen LogP contribution >= 0.6 is 12.2 Å². The van der Waals surface area contributed by atoms with Crippen molar-refractivity contribution < 1.29 is 28.7 Å². The Morgan fingerprint density at radius 2 is 1.42 bits per heavy atom. The zero-order valence-electron chi connectivity index (χ0n) is 24.9. The van der Waals surface area contributed by atoms with Crippen molar-refractivity contribution in [3.63, 3.8) is 0 Å². The Labute approximate surface area is 257 Å². The normalized spacial score (nSPS) is 17.7. The van der Waals surface area contributed by atoms with Crippen LogP contribution in [-0.4, -0.2) is 109 Å². The fraction of sp³-hybridized carbons (Fsp3) is 0.452. The maximum Gasteiger partial charge on any atom is 0.338 e. The lowest BCUT2D eigenvalue weighted by atomic mass is 10.1. The fourth-order valence-electron chi connectivity index (χ4n) is 5.11. The lowest BCUT2D eigenvalue weighted by Crippen LogP contribution is -2.45. The molecule has 11 nitrogen and oxygen atoms in total. The molecule has 230 valence electrons. The maximum absolute atomic E-state index is 13.8. The van der Waals surface area contributed by atoms with E-state index >= 15 is 0 Å². The van der Waals surface area contributed by atoms with Crippen LogP contribution in [0.3, 0.4) is 0 Å². The Morgan fingerprint density at radius 3 is 1.98 bits per heavy atom. The number of carbonyl (C=O) groups excluding carboxylic acids is 4. The van der Waals surface area contributed by atoms with E-state index < -0.39 is 18.0 Å². The molecule has 4 rings (SSSR count). The molecule has 2 aliphatic heterocycles. The van der Waals surface area contributed by atoms with Gasteiger partial charge in [0.2, 0.25) is 5.91 Å². The van der Waals surface area contributed by atoms with Crippen molar-refractivity contribution in [2.45, 2.75) is 32.7 Å². The molecule has 0 spiro atoms. The summed E-state index contributed by atoms with van der Waals surface area (Å²) in [6.07, 6.45) is 0.671. The minimum Gasteiger partial charge on any atom is -0.462 e. The van der Waals surface area contributed by atoms with Crippen LogP contribution in [-0.2, 0) is 19.1 Å². The van der Waals surface area contributed by atoms with Gasteiger partial charge in [-0.25, -0.2) is 9.59 Å². The molecule has 43 heavy (non-hydrogen) atoms. The van der Waals surface area contributed by atoms with E-state index in [1.54, 1.807) is 62.4 Å². The number of thiocarbonyl (C=S) groups is 1. The molecule has 12 heteroatoms. The molecule has 1 unspecified atom stereocenters. The van der Waals surface area contributed by atoms with Crippen LogP contribution in [0.15, 0.2) is 48.5 Å². The molecular weight excluding hydrogens is 570 g/mol. The Bertz CT molecular complexity index is 1310. The third-order valence-electron chi connectivity index (χ3n) is 7.48. The highest BCUT2D eigenvalue weighted by molar-refractivity contribution is 7.80. The summed E-state index contributed by atoms with van der Waals surface area (Å²) in [7, 11) is 2.11. The number of likely N-dealkylation sites (N-methyl/N-ethyl adjacent to an activating group) is 1. The molecule has 2 saturated heterocycles. The van der Waals surface area contributed by atoms with E-state index in [0.717, 1.165) is 39.1 Å². The SMILES string of the molecule is CCOC(=O)c1ccc(NC(=O)CC2C(=O)N(c3ccc(C(=O)OCC)cc3)C(=S)N2CCCN2CCN(C)CC2)cc1. The van der Waals surface area contributed by atoms with E-state index in [1.165, 1.54) is 4.90 Å². The zero-order chi connectivity index (χ0) is 30.9. The number of esters is 2. The van der Waals surface area contributed by atoms with Crippen molar-refractivity contribution in [1.29, 1.82) is 0 Å². The summed E-state index contributed by atoms with van der Waals surface area (Å²) in [6, 6.07) is 12.1. The summed E-state index contributed by atoms with van der Waals surface area (Å²) in [5.74, 6) is -1.54. The number of anilines is 2. The Kier molecular flexibility index (Phi) is 11.2. The second-order valence-corrected chi connectivity index (χ2v) is 10.8. The summed E-state index contributed by atoms with van der Waals surface area (Å²) in [4.78, 5) is 59.0. The van der Waals surface area contributed by atoms with Crippen molar-refractivity contribution in [3.8, 4) is 0 Å². The Balaban J connectivity index is 1.47. The van der Waals surface area contributed by atoms with Gasteiger partial charge in [0, 0.05) is 38.4 Å². The molecule has 2 aromatic carbocycles. The van der Waals surface area contributed by atoms with Gasteiger partial charge in [-0.1, -0.05) is 0 Å². The van der Waals surface area contributed by atoms with Crippen molar-refractivity contribution in [2.24, 2.45) is 0 Å². The minimum absolute atomic E-state index is 0.107. The molecule has 2 fully saturated rings. The van der Waals surface area contributed by atoms with E-state index in [9.17, 15) is 19.2 Å². The van der Waals surface area contributed by atoms with Crippen LogP contribution in [0, 0.1) is 0 Å². The summed E-state index contributed by atoms with van der Waals surface area (Å²) in [5.41, 5.74) is 1.77. The number of piperazine rings is 1. The first-order valence-corrected chi connectivity index (χ1v) is 15.0. The second-order valence-electron chi connectivity index (χ2n) is 10.5. The van der Waals surface area contributed by atoms with E-state index in [0.29, 0.717) is 34.2 Å². The number of hydrogen-bond donors (Lipinski definition) is 1. The van der Waals surface area contributed by atoms with Crippen molar-refractivity contribution in [2.75, 3.05) is 69.7 Å². The first-order valence-electron chi connectivity index (χ1n) is 14.6. The lowest BCUT2D eigenvalue weighted by Gasteiger charge is -2.33. The molecule has 0 radical (unpaired) electrons. The number of benzene rings is 2. The molecule has 2 heterocycles. The van der Waals surface area contributed by atoms with Gasteiger partial charge in [-0.2, -0.15) is 0 Å². The lowest BCUT2D eigenvalue weighted by molar-refractivity contribution is -0.124. The van der Waals surface area contributed by atoms with E-state index in [4.69, 9.17) is 21.7 Å². The van der Waals surface area contributed by atoms with E-state index in [-0.39, 0.29) is 31.4 Å². The number of ether oxygens (including phenoxy) is 2. The third-order valence-corrected chi connectivity index (χ3v) is 7.90. The molecule has 0 bridgehead atoms. The number of amides is 2. The first kappa shape index (κ1) is 32.1. The largest absolute Gasteiger partial charge is 0.462 e. The molecular formula is C31H39N5O6S. The second kappa shape index (κ2) is 15.0. The van der Waals surface area contributed by atoms with Crippen molar-refractivity contribution >= 4 is 52.5 Å². The number of carbonyl (C=O) groups is 4. The van der Waals surface area contributed by atoms with Crippen LogP contribution in [0.2, 0.25) is 0 Å². The van der Waals surface area contributed by atoms with Crippen LogP contribution in [0.25, 0.3) is 0 Å². The monoisotopic (exact) mass is 609 g/mol. The molecule has 2 amide bonds. The summed E-state index contributed by atoms with van der Waals surface area (Å²) in [5, 5.41) is 3.15. The van der Waals surface area contributed by atoms with Crippen LogP contribution in [0.1, 0.15) is 47.4 Å². The molecule has 1 atom stereocenters. The summed E-state index contributed by atoms with van der Waals surface area (Å²) >= 11 is 5.80. The summed E-state index contributed by atoms with van der Waals surface area (Å²) in [6.45, 7) is 9.38. The molecule has 2 aliphatic rings. The zero-order valence-corrected chi connectivity index (χ0v) is 25.7. The van der Waals surface area contributed by atoms with Gasteiger partial charge < -0.3 is 29.5 Å². The van der Waals surface area contributed by atoms with Gasteiger partial charge in [0.15, 0.2) is 5.11 Å². The predicted molar refractivity (Wildman–Crippen MR) is 167 cm³/mol. The van der Waals surface area contributed by atoms with Gasteiger partial charge in [-0.15, -0.1) is 0 Å². The van der Waals surface area contributed by atoms with Gasteiger partial charge in [0.05, 0.1) is 36.4 Å². The molecule has 1 N–H and O–H groups in total. The number of nitrogens with zero attached hydrogens (tertiary/aromatic N) is 4. The Morgan fingerprint density at radius 1 is 0.860 bits per heavy atom. The van der Waals surface area contributed by atoms with Gasteiger partial charge >= 0.3 is 11.9 Å². The quantitative estimate of drug-likeness (QED) is 0.285. The molecule has 0 aliphatic carbocycles. The number of hydrogen-bond acceptors (Lipinski definition) is 9. The molecule has 0 saturated carbocycles. The molecule has 2 aromatic rings. The smallest absolute Gasteiger partial charge is 0.338 e. The summed E-state index contributed by atoms with van der Waals surface area (Å²) < 4.78 is 10.1. The minimum atomic E-state index is -0.788. The number of nitrogens with one attached hydrogen (secondary N) is 1. The predicted octanol–water partition coefficient (Wildman–Crippen LogP) is 3.01. The van der Waals surface area contributed by atoms with Crippen molar-refractivity contribution in [3.05, 3.63) is 59.7 Å². The number of rotatable bonds is 12.